The number of furan rings is 1. The van der Waals surface area contributed by atoms with Gasteiger partial charge in [0.2, 0.25) is 0 Å². The van der Waals surface area contributed by atoms with E-state index in [0.717, 1.165) is 6.26 Å². The molecule has 0 spiro atoms. The van der Waals surface area contributed by atoms with E-state index in [0.29, 0.717) is 10.4 Å². The molecule has 8 nitrogen and oxygen atoms in total. The molecule has 2 aromatic heterocycles. The summed E-state index contributed by atoms with van der Waals surface area (Å²) in [7, 11) is -3.32. The van der Waals surface area contributed by atoms with Gasteiger partial charge in [-0.1, -0.05) is 5.10 Å². The van der Waals surface area contributed by atoms with Crippen molar-refractivity contribution in [3.63, 3.8) is 0 Å². The van der Waals surface area contributed by atoms with Crippen LogP contribution in [0.1, 0.15) is 10.4 Å². The Morgan fingerprint density at radius 2 is 1.79 bits per heavy atom. The number of benzene rings is 1. The van der Waals surface area contributed by atoms with E-state index in [1.807, 2.05) is 0 Å². The Bertz CT molecular complexity index is 992. The number of halogens is 1. The normalized spacial score (nSPS) is 11.4. The SMILES string of the molecule is CS(=O)(=O)c1ccc(C(=O)Nc2nnc(-c3ccc(Br)o3)o2)cc1. The Labute approximate surface area is 144 Å². The second kappa shape index (κ2) is 6.21. The van der Waals surface area contributed by atoms with Gasteiger partial charge >= 0.3 is 6.01 Å². The van der Waals surface area contributed by atoms with Crippen molar-refractivity contribution >= 4 is 37.7 Å². The summed E-state index contributed by atoms with van der Waals surface area (Å²) in [4.78, 5) is 12.2. The maximum atomic E-state index is 12.1. The molecule has 0 saturated carbocycles. The Balaban J connectivity index is 1.74. The number of nitrogens with zero attached hydrogens (tertiary/aromatic N) is 2. The molecule has 0 aliphatic heterocycles. The van der Waals surface area contributed by atoms with Gasteiger partial charge in [0, 0.05) is 11.8 Å². The van der Waals surface area contributed by atoms with Gasteiger partial charge in [0.25, 0.3) is 11.8 Å². The van der Waals surface area contributed by atoms with Crippen LogP contribution in [-0.4, -0.2) is 30.8 Å². The van der Waals surface area contributed by atoms with Gasteiger partial charge in [0.1, 0.15) is 0 Å². The smallest absolute Gasteiger partial charge is 0.322 e. The summed E-state index contributed by atoms with van der Waals surface area (Å²) in [5.74, 6) is -0.0401. The van der Waals surface area contributed by atoms with Crippen molar-refractivity contribution < 1.29 is 22.0 Å². The van der Waals surface area contributed by atoms with Crippen LogP contribution in [-0.2, 0) is 9.84 Å². The summed E-state index contributed by atoms with van der Waals surface area (Å²) in [6.07, 6.45) is 1.09. The molecule has 0 fully saturated rings. The van der Waals surface area contributed by atoms with Crippen LogP contribution in [0, 0.1) is 0 Å². The highest BCUT2D eigenvalue weighted by Gasteiger charge is 2.15. The highest BCUT2D eigenvalue weighted by Crippen LogP contribution is 2.25. The topological polar surface area (TPSA) is 115 Å². The molecule has 1 N–H and O–H groups in total. The lowest BCUT2D eigenvalue weighted by Crippen LogP contribution is -2.12. The predicted octanol–water partition coefficient (Wildman–Crippen LogP) is 2.75. The van der Waals surface area contributed by atoms with Crippen LogP contribution in [0.4, 0.5) is 6.01 Å². The minimum absolute atomic E-state index is 0.102. The van der Waals surface area contributed by atoms with Crippen LogP contribution in [0.3, 0.4) is 0 Å². The van der Waals surface area contributed by atoms with Crippen molar-refractivity contribution in [2.75, 3.05) is 11.6 Å². The fourth-order valence-electron chi connectivity index (χ4n) is 1.83. The standard InChI is InChI=1S/C14H10BrN3O5S/c1-24(20,21)9-4-2-8(3-5-9)12(19)16-14-18-17-13(23-14)10-6-7-11(15)22-10/h2-7H,1H3,(H,16,18,19). The third-order valence-corrected chi connectivity index (χ3v) is 4.53. The number of anilines is 1. The number of hydrogen-bond donors (Lipinski definition) is 1. The quantitative estimate of drug-likeness (QED) is 0.701. The number of rotatable bonds is 4. The maximum absolute atomic E-state index is 12.1. The minimum Gasteiger partial charge on any atom is -0.444 e. The van der Waals surface area contributed by atoms with Crippen LogP contribution in [0.5, 0.6) is 0 Å². The molecular formula is C14H10BrN3O5S. The first-order chi connectivity index (χ1) is 11.3. The Kier molecular flexibility index (Phi) is 4.24. The van der Waals surface area contributed by atoms with Crippen LogP contribution >= 0.6 is 15.9 Å². The zero-order chi connectivity index (χ0) is 17.3. The number of amides is 1. The van der Waals surface area contributed by atoms with Crippen molar-refractivity contribution in [1.29, 1.82) is 0 Å². The summed E-state index contributed by atoms with van der Waals surface area (Å²) in [5.41, 5.74) is 0.253. The third-order valence-electron chi connectivity index (χ3n) is 2.97. The monoisotopic (exact) mass is 411 g/mol. The second-order valence-corrected chi connectivity index (χ2v) is 7.56. The van der Waals surface area contributed by atoms with E-state index in [1.165, 1.54) is 24.3 Å². The number of nitrogens with one attached hydrogen (secondary N) is 1. The minimum atomic E-state index is -3.32. The first-order valence-electron chi connectivity index (χ1n) is 6.53. The molecule has 0 radical (unpaired) electrons. The van der Waals surface area contributed by atoms with Gasteiger partial charge in [-0.15, -0.1) is 5.10 Å². The number of carbonyl (C=O) groups excluding carboxylic acids is 1. The van der Waals surface area contributed by atoms with Crippen LogP contribution < -0.4 is 5.32 Å². The van der Waals surface area contributed by atoms with Crippen molar-refractivity contribution in [2.45, 2.75) is 4.90 Å². The maximum Gasteiger partial charge on any atom is 0.322 e. The van der Waals surface area contributed by atoms with Gasteiger partial charge in [-0.3, -0.25) is 10.1 Å². The number of hydrogen-bond acceptors (Lipinski definition) is 7. The first-order valence-corrected chi connectivity index (χ1v) is 9.22. The summed E-state index contributed by atoms with van der Waals surface area (Å²) < 4.78 is 33.9. The van der Waals surface area contributed by atoms with E-state index >= 15 is 0 Å². The first kappa shape index (κ1) is 16.4. The molecule has 0 aliphatic carbocycles. The molecule has 0 saturated heterocycles. The fourth-order valence-corrected chi connectivity index (χ4v) is 2.76. The molecule has 0 bridgehead atoms. The van der Waals surface area contributed by atoms with E-state index in [-0.39, 0.29) is 22.4 Å². The van der Waals surface area contributed by atoms with Gasteiger partial charge in [-0.25, -0.2) is 8.42 Å². The van der Waals surface area contributed by atoms with E-state index in [4.69, 9.17) is 8.83 Å². The summed E-state index contributed by atoms with van der Waals surface area (Å²) in [6, 6.07) is 8.69. The molecule has 3 aromatic rings. The molecule has 1 amide bonds. The highest BCUT2D eigenvalue weighted by molar-refractivity contribution is 9.10. The van der Waals surface area contributed by atoms with Crippen LogP contribution in [0.15, 0.2) is 54.8 Å². The van der Waals surface area contributed by atoms with E-state index in [2.05, 4.69) is 31.4 Å². The molecule has 3 rings (SSSR count). The number of sulfone groups is 1. The van der Waals surface area contributed by atoms with Gasteiger partial charge in [0.15, 0.2) is 20.3 Å². The zero-order valence-electron chi connectivity index (χ0n) is 12.2. The van der Waals surface area contributed by atoms with Gasteiger partial charge in [-0.05, 0) is 52.3 Å². The Morgan fingerprint density at radius 3 is 2.38 bits per heavy atom. The lowest BCUT2D eigenvalue weighted by molar-refractivity contribution is 0.102. The van der Waals surface area contributed by atoms with Crippen molar-refractivity contribution in [2.24, 2.45) is 0 Å². The average Bonchev–Trinajstić information content (AvgIpc) is 3.15. The second-order valence-electron chi connectivity index (χ2n) is 4.77. The fraction of sp³-hybridized carbons (Fsp3) is 0.0714. The molecule has 2 heterocycles. The largest absolute Gasteiger partial charge is 0.444 e. The van der Waals surface area contributed by atoms with Gasteiger partial charge in [-0.2, -0.15) is 0 Å². The molecule has 1 aromatic carbocycles. The van der Waals surface area contributed by atoms with E-state index < -0.39 is 15.7 Å². The molecule has 10 heteroatoms. The van der Waals surface area contributed by atoms with Crippen LogP contribution in [0.2, 0.25) is 0 Å². The molecule has 0 atom stereocenters. The van der Waals surface area contributed by atoms with Crippen molar-refractivity contribution in [3.05, 3.63) is 46.6 Å². The Hall–Kier alpha value is -2.46. The van der Waals surface area contributed by atoms with Gasteiger partial charge in [0.05, 0.1) is 4.90 Å². The summed E-state index contributed by atoms with van der Waals surface area (Å²) >= 11 is 3.16. The molecule has 0 unspecified atom stereocenters. The van der Waals surface area contributed by atoms with Crippen LogP contribution in [0.25, 0.3) is 11.7 Å². The summed E-state index contributed by atoms with van der Waals surface area (Å²) in [5, 5.41) is 9.90. The number of carbonyl (C=O) groups is 1. The lowest BCUT2D eigenvalue weighted by atomic mass is 10.2. The van der Waals surface area contributed by atoms with Crippen molar-refractivity contribution in [3.8, 4) is 11.7 Å². The highest BCUT2D eigenvalue weighted by atomic mass is 79.9. The van der Waals surface area contributed by atoms with E-state index in [1.54, 1.807) is 12.1 Å². The average molecular weight is 412 g/mol. The van der Waals surface area contributed by atoms with Crippen molar-refractivity contribution in [1.82, 2.24) is 10.2 Å². The molecular weight excluding hydrogens is 402 g/mol. The predicted molar refractivity (Wildman–Crippen MR) is 87.2 cm³/mol. The molecule has 0 aliphatic rings. The Morgan fingerprint density at radius 1 is 1.08 bits per heavy atom. The molecule has 124 valence electrons. The zero-order valence-corrected chi connectivity index (χ0v) is 14.6. The number of aromatic nitrogens is 2. The lowest BCUT2D eigenvalue weighted by Gasteiger charge is -2.02. The molecule has 24 heavy (non-hydrogen) atoms. The van der Waals surface area contributed by atoms with E-state index in [9.17, 15) is 13.2 Å². The summed E-state index contributed by atoms with van der Waals surface area (Å²) in [6.45, 7) is 0. The van der Waals surface area contributed by atoms with Gasteiger partial charge < -0.3 is 8.83 Å². The third kappa shape index (κ3) is 3.54.